The van der Waals surface area contributed by atoms with Crippen LogP contribution in [-0.2, 0) is 22.4 Å². The molecule has 0 bridgehead atoms. The zero-order valence-electron chi connectivity index (χ0n) is 23.7. The number of benzene rings is 3. The summed E-state index contributed by atoms with van der Waals surface area (Å²) >= 11 is 1.51. The lowest BCUT2D eigenvalue weighted by Crippen LogP contribution is -2.59. The van der Waals surface area contributed by atoms with Crippen LogP contribution in [0.2, 0.25) is 0 Å². The van der Waals surface area contributed by atoms with Crippen LogP contribution in [0.4, 0.5) is 0 Å². The van der Waals surface area contributed by atoms with E-state index in [9.17, 15) is 19.5 Å². The maximum Gasteiger partial charge on any atom is 0.254 e. The van der Waals surface area contributed by atoms with Gasteiger partial charge in [0.2, 0.25) is 5.91 Å². The van der Waals surface area contributed by atoms with Crippen molar-refractivity contribution in [2.45, 2.75) is 69.0 Å². The number of hydrogen-bond donors (Lipinski definition) is 3. The van der Waals surface area contributed by atoms with Gasteiger partial charge in [-0.25, -0.2) is 0 Å². The van der Waals surface area contributed by atoms with E-state index in [1.54, 1.807) is 12.1 Å². The van der Waals surface area contributed by atoms with Gasteiger partial charge in [-0.15, -0.1) is 11.8 Å². The molecule has 3 amide bonds. The minimum atomic E-state index is -1.54. The Morgan fingerprint density at radius 1 is 1.00 bits per heavy atom. The SMILES string of the molecule is Cc1ccccc1C(=O)NC(Cc1ccccc1)C(O)C(=O)N1CSC(C)(C)C1C(=O)NC1CCc2ccccc21. The summed E-state index contributed by atoms with van der Waals surface area (Å²) in [6.07, 6.45) is 0.421. The second-order valence-electron chi connectivity index (χ2n) is 11.4. The number of hydrogen-bond acceptors (Lipinski definition) is 5. The molecule has 1 heterocycles. The van der Waals surface area contributed by atoms with Crippen molar-refractivity contribution in [1.82, 2.24) is 15.5 Å². The number of carbonyl (C=O) groups excluding carboxylic acids is 3. The van der Waals surface area contributed by atoms with Gasteiger partial charge in [0.15, 0.2) is 6.10 Å². The number of carbonyl (C=O) groups is 3. The Bertz CT molecular complexity index is 1430. The highest BCUT2D eigenvalue weighted by atomic mass is 32.2. The summed E-state index contributed by atoms with van der Waals surface area (Å²) in [5.74, 6) is -0.889. The minimum Gasteiger partial charge on any atom is -0.381 e. The summed E-state index contributed by atoms with van der Waals surface area (Å²) in [6, 6.07) is 23.0. The lowest BCUT2D eigenvalue weighted by Gasteiger charge is -2.34. The van der Waals surface area contributed by atoms with Crippen LogP contribution >= 0.6 is 11.8 Å². The van der Waals surface area contributed by atoms with E-state index >= 15 is 0 Å². The number of nitrogens with one attached hydrogen (secondary N) is 2. The topological polar surface area (TPSA) is 98.7 Å². The average Bonchev–Trinajstić information content (AvgIpc) is 3.52. The van der Waals surface area contributed by atoms with E-state index in [0.717, 1.165) is 29.5 Å². The van der Waals surface area contributed by atoms with Crippen molar-refractivity contribution in [3.05, 3.63) is 107 Å². The largest absolute Gasteiger partial charge is 0.381 e. The molecule has 41 heavy (non-hydrogen) atoms. The molecule has 2 aliphatic rings. The molecule has 214 valence electrons. The maximum absolute atomic E-state index is 13.9. The molecule has 4 atom stereocenters. The van der Waals surface area contributed by atoms with Crippen LogP contribution in [0.25, 0.3) is 0 Å². The molecule has 4 unspecified atom stereocenters. The molecule has 3 N–H and O–H groups in total. The van der Waals surface area contributed by atoms with Crippen LogP contribution < -0.4 is 10.6 Å². The average molecular weight is 572 g/mol. The van der Waals surface area contributed by atoms with Crippen molar-refractivity contribution < 1.29 is 19.5 Å². The van der Waals surface area contributed by atoms with Gasteiger partial charge in [0.1, 0.15) is 6.04 Å². The van der Waals surface area contributed by atoms with Gasteiger partial charge in [0.25, 0.3) is 11.8 Å². The number of aliphatic hydroxyl groups is 1. The monoisotopic (exact) mass is 571 g/mol. The normalized spacial score (nSPS) is 20.6. The fourth-order valence-corrected chi connectivity index (χ4v) is 7.04. The second-order valence-corrected chi connectivity index (χ2v) is 13.0. The van der Waals surface area contributed by atoms with Gasteiger partial charge in [0, 0.05) is 10.3 Å². The van der Waals surface area contributed by atoms with Gasteiger partial charge in [-0.3, -0.25) is 14.4 Å². The van der Waals surface area contributed by atoms with Gasteiger partial charge >= 0.3 is 0 Å². The molecule has 3 aromatic rings. The van der Waals surface area contributed by atoms with Crippen molar-refractivity contribution in [3.63, 3.8) is 0 Å². The molecule has 7 nitrogen and oxygen atoms in total. The van der Waals surface area contributed by atoms with Crippen LogP contribution in [0.5, 0.6) is 0 Å². The molecule has 1 saturated heterocycles. The number of thioether (sulfide) groups is 1. The number of fused-ring (bicyclic) bond motifs is 1. The van der Waals surface area contributed by atoms with Crippen LogP contribution in [0.3, 0.4) is 0 Å². The van der Waals surface area contributed by atoms with Crippen molar-refractivity contribution in [1.29, 1.82) is 0 Å². The van der Waals surface area contributed by atoms with Crippen LogP contribution in [0.1, 0.15) is 58.9 Å². The molecule has 1 aliphatic carbocycles. The zero-order valence-corrected chi connectivity index (χ0v) is 24.5. The summed E-state index contributed by atoms with van der Waals surface area (Å²) in [7, 11) is 0. The molecular weight excluding hydrogens is 534 g/mol. The zero-order chi connectivity index (χ0) is 29.1. The molecule has 0 radical (unpaired) electrons. The summed E-state index contributed by atoms with van der Waals surface area (Å²) in [5.41, 5.74) is 4.50. The number of amides is 3. The lowest BCUT2D eigenvalue weighted by molar-refractivity contribution is -0.147. The van der Waals surface area contributed by atoms with E-state index in [4.69, 9.17) is 0 Å². The van der Waals surface area contributed by atoms with E-state index in [-0.39, 0.29) is 30.2 Å². The first kappa shape index (κ1) is 28.9. The molecule has 0 aromatic heterocycles. The predicted octanol–water partition coefficient (Wildman–Crippen LogP) is 4.18. The standard InChI is InChI=1S/C33H37N3O4S/c1-21-11-7-9-15-24(21)30(38)35-27(19-22-12-5-4-6-13-22)28(37)32(40)36-20-41-33(2,3)29(36)31(39)34-26-18-17-23-14-8-10-16-25(23)26/h4-16,26-29,37H,17-20H2,1-3H3,(H,34,39)(H,35,38). The van der Waals surface area contributed by atoms with E-state index in [0.29, 0.717) is 5.56 Å². The number of nitrogens with zero attached hydrogens (tertiary/aromatic N) is 1. The predicted molar refractivity (Wildman–Crippen MR) is 161 cm³/mol. The van der Waals surface area contributed by atoms with Gasteiger partial charge in [0.05, 0.1) is 18.0 Å². The van der Waals surface area contributed by atoms with Gasteiger partial charge in [-0.05, 0) is 68.4 Å². The third kappa shape index (κ3) is 6.19. The maximum atomic E-state index is 13.9. The highest BCUT2D eigenvalue weighted by Gasteiger charge is 2.50. The molecule has 1 fully saturated rings. The van der Waals surface area contributed by atoms with Gasteiger partial charge < -0.3 is 20.6 Å². The molecule has 3 aromatic carbocycles. The van der Waals surface area contributed by atoms with Gasteiger partial charge in [-0.1, -0.05) is 72.8 Å². The number of aliphatic hydroxyl groups excluding tert-OH is 1. The fraction of sp³-hybridized carbons (Fsp3) is 0.364. The summed E-state index contributed by atoms with van der Waals surface area (Å²) in [6.45, 7) is 5.75. The fourth-order valence-electron chi connectivity index (χ4n) is 5.90. The van der Waals surface area contributed by atoms with E-state index in [2.05, 4.69) is 16.7 Å². The summed E-state index contributed by atoms with van der Waals surface area (Å²) in [5, 5.41) is 17.6. The molecular formula is C33H37N3O4S. The van der Waals surface area contributed by atoms with E-state index in [1.165, 1.54) is 22.2 Å². The van der Waals surface area contributed by atoms with Crippen molar-refractivity contribution in [2.24, 2.45) is 0 Å². The minimum absolute atomic E-state index is 0.110. The Hall–Kier alpha value is -3.62. The smallest absolute Gasteiger partial charge is 0.254 e. The van der Waals surface area contributed by atoms with Crippen molar-refractivity contribution in [3.8, 4) is 0 Å². The molecule has 8 heteroatoms. The summed E-state index contributed by atoms with van der Waals surface area (Å²) in [4.78, 5) is 42.4. The number of rotatable bonds is 8. The van der Waals surface area contributed by atoms with Gasteiger partial charge in [-0.2, -0.15) is 0 Å². The van der Waals surface area contributed by atoms with Crippen LogP contribution in [0.15, 0.2) is 78.9 Å². The molecule has 5 rings (SSSR count). The molecule has 0 saturated carbocycles. The first-order valence-corrected chi connectivity index (χ1v) is 15.1. The quantitative estimate of drug-likeness (QED) is 0.377. The van der Waals surface area contributed by atoms with E-state index < -0.39 is 28.8 Å². The first-order chi connectivity index (χ1) is 19.7. The third-order valence-corrected chi connectivity index (χ3v) is 9.54. The Kier molecular flexibility index (Phi) is 8.52. The van der Waals surface area contributed by atoms with Crippen LogP contribution in [0, 0.1) is 6.92 Å². The van der Waals surface area contributed by atoms with E-state index in [1.807, 2.05) is 81.4 Å². The van der Waals surface area contributed by atoms with Crippen molar-refractivity contribution >= 4 is 29.5 Å². The first-order valence-electron chi connectivity index (χ1n) is 14.1. The highest BCUT2D eigenvalue weighted by Crippen LogP contribution is 2.41. The van der Waals surface area contributed by atoms with Crippen LogP contribution in [-0.4, -0.2) is 56.5 Å². The van der Waals surface area contributed by atoms with Crippen molar-refractivity contribution in [2.75, 3.05) is 5.88 Å². The number of aryl methyl sites for hydroxylation is 2. The Balaban J connectivity index is 1.37. The summed E-state index contributed by atoms with van der Waals surface area (Å²) < 4.78 is -0.559. The molecule has 1 aliphatic heterocycles. The Morgan fingerprint density at radius 3 is 2.44 bits per heavy atom. The Morgan fingerprint density at radius 2 is 1.68 bits per heavy atom. The lowest BCUT2D eigenvalue weighted by atomic mass is 9.96. The highest BCUT2D eigenvalue weighted by molar-refractivity contribution is 8.00. The molecule has 0 spiro atoms. The third-order valence-electron chi connectivity index (χ3n) is 8.17. The second kappa shape index (κ2) is 12.1. The Labute approximate surface area is 245 Å².